The molecule has 1 aliphatic heterocycles. The molecule has 0 saturated carbocycles. The third-order valence-corrected chi connectivity index (χ3v) is 5.50. The van der Waals surface area contributed by atoms with E-state index in [1.54, 1.807) is 43.5 Å². The highest BCUT2D eigenvalue weighted by Crippen LogP contribution is 2.33. The van der Waals surface area contributed by atoms with Crippen molar-refractivity contribution in [3.63, 3.8) is 0 Å². The van der Waals surface area contributed by atoms with Gasteiger partial charge in [-0.05, 0) is 60.0 Å². The van der Waals surface area contributed by atoms with Gasteiger partial charge in [0.25, 0.3) is 11.8 Å². The van der Waals surface area contributed by atoms with Gasteiger partial charge in [-0.3, -0.25) is 14.5 Å². The number of rotatable bonds is 6. The summed E-state index contributed by atoms with van der Waals surface area (Å²) in [5, 5.41) is 3.59. The molecule has 7 heteroatoms. The Kier molecular flexibility index (Phi) is 5.97. The Bertz CT molecular complexity index is 1220. The number of carbonyl (C=O) groups is 2. The van der Waals surface area contributed by atoms with Crippen LogP contribution in [0.2, 0.25) is 5.02 Å². The molecule has 0 fully saturated rings. The van der Waals surface area contributed by atoms with Gasteiger partial charge in [0.2, 0.25) is 0 Å². The van der Waals surface area contributed by atoms with Crippen LogP contribution < -0.4 is 10.1 Å². The Labute approximate surface area is 190 Å². The summed E-state index contributed by atoms with van der Waals surface area (Å²) in [6.07, 6.45) is 0. The maximum absolute atomic E-state index is 13.5. The number of methoxy groups -OCH3 is 1. The number of ether oxygens (including phenoxy) is 1. The maximum Gasteiger partial charge on any atom is 0.278 e. The fraction of sp³-hybridized carbons (Fsp3) is 0.120. The lowest BCUT2D eigenvalue weighted by Gasteiger charge is -2.16. The number of hydrogen-bond donors (Lipinski definition) is 1. The van der Waals surface area contributed by atoms with E-state index in [0.717, 1.165) is 11.1 Å². The highest BCUT2D eigenvalue weighted by Gasteiger charge is 2.39. The third kappa shape index (κ3) is 4.22. The molecule has 32 heavy (non-hydrogen) atoms. The van der Waals surface area contributed by atoms with Crippen molar-refractivity contribution in [1.82, 2.24) is 4.90 Å². The van der Waals surface area contributed by atoms with Crippen LogP contribution in [-0.4, -0.2) is 23.8 Å². The highest BCUT2D eigenvalue weighted by molar-refractivity contribution is 6.36. The predicted molar refractivity (Wildman–Crippen MR) is 122 cm³/mol. The smallest absolute Gasteiger partial charge is 0.278 e. The molecule has 0 bridgehead atoms. The van der Waals surface area contributed by atoms with Crippen molar-refractivity contribution in [2.75, 3.05) is 12.4 Å². The predicted octanol–water partition coefficient (Wildman–Crippen LogP) is 5.19. The van der Waals surface area contributed by atoms with Crippen molar-refractivity contribution in [3.05, 3.63) is 100.0 Å². The number of anilines is 1. The van der Waals surface area contributed by atoms with Crippen LogP contribution >= 0.6 is 11.6 Å². The third-order valence-electron chi connectivity index (χ3n) is 5.26. The zero-order chi connectivity index (χ0) is 22.8. The molecule has 3 aromatic carbocycles. The number of nitrogens with one attached hydrogen (secondary N) is 1. The Morgan fingerprint density at radius 1 is 0.969 bits per heavy atom. The lowest BCUT2D eigenvalue weighted by Crippen LogP contribution is -2.32. The summed E-state index contributed by atoms with van der Waals surface area (Å²) in [6.45, 7) is 1.96. The molecule has 0 aliphatic carbocycles. The zero-order valence-corrected chi connectivity index (χ0v) is 18.2. The number of imide groups is 1. The van der Waals surface area contributed by atoms with Crippen LogP contribution in [0.15, 0.2) is 72.4 Å². The average Bonchev–Trinajstić information content (AvgIpc) is 3.01. The first kappa shape index (κ1) is 21.6. The van der Waals surface area contributed by atoms with E-state index in [1.165, 1.54) is 29.2 Å². The molecular formula is C25H20ClFN2O3. The van der Waals surface area contributed by atoms with Gasteiger partial charge in [0.15, 0.2) is 0 Å². The van der Waals surface area contributed by atoms with Gasteiger partial charge in [-0.2, -0.15) is 0 Å². The fourth-order valence-corrected chi connectivity index (χ4v) is 3.67. The Hall–Kier alpha value is -3.64. The molecule has 0 aromatic heterocycles. The molecule has 0 atom stereocenters. The van der Waals surface area contributed by atoms with Crippen molar-refractivity contribution in [2.45, 2.75) is 13.5 Å². The highest BCUT2D eigenvalue weighted by atomic mass is 35.5. The van der Waals surface area contributed by atoms with Gasteiger partial charge in [0, 0.05) is 10.7 Å². The second-order valence-electron chi connectivity index (χ2n) is 7.39. The molecule has 1 heterocycles. The first-order valence-corrected chi connectivity index (χ1v) is 10.3. The van der Waals surface area contributed by atoms with Crippen molar-refractivity contribution < 1.29 is 18.7 Å². The first-order valence-electron chi connectivity index (χ1n) is 9.90. The standard InChI is InChI=1S/C25H20ClFN2O3/c1-15-3-8-18(26)13-21(15)28-23-22(17-6-9-19(27)10-7-17)24(30)29(25(23)31)14-16-4-11-20(32-2)12-5-16/h3-13,28H,14H2,1-2H3. The Morgan fingerprint density at radius 2 is 1.66 bits per heavy atom. The van der Waals surface area contributed by atoms with E-state index in [0.29, 0.717) is 22.0 Å². The van der Waals surface area contributed by atoms with Gasteiger partial charge in [0.1, 0.15) is 17.3 Å². The van der Waals surface area contributed by atoms with Gasteiger partial charge < -0.3 is 10.1 Å². The lowest BCUT2D eigenvalue weighted by molar-refractivity contribution is -0.137. The van der Waals surface area contributed by atoms with Gasteiger partial charge in [-0.15, -0.1) is 0 Å². The number of benzene rings is 3. The molecule has 0 unspecified atom stereocenters. The number of halogens is 2. The summed E-state index contributed by atoms with van der Waals surface area (Å²) in [5.41, 5.74) is 2.99. The molecule has 5 nitrogen and oxygen atoms in total. The van der Waals surface area contributed by atoms with E-state index in [4.69, 9.17) is 16.3 Å². The van der Waals surface area contributed by atoms with Gasteiger partial charge in [-0.25, -0.2) is 4.39 Å². The second-order valence-corrected chi connectivity index (χ2v) is 7.82. The number of amides is 2. The first-order chi connectivity index (χ1) is 15.4. The summed E-state index contributed by atoms with van der Waals surface area (Å²) >= 11 is 6.13. The van der Waals surface area contributed by atoms with Gasteiger partial charge in [-0.1, -0.05) is 41.9 Å². The molecule has 1 aliphatic rings. The molecule has 0 radical (unpaired) electrons. The molecule has 0 spiro atoms. The minimum absolute atomic E-state index is 0.0893. The SMILES string of the molecule is COc1ccc(CN2C(=O)C(Nc3cc(Cl)ccc3C)=C(c3ccc(F)cc3)C2=O)cc1. The van der Waals surface area contributed by atoms with E-state index in [2.05, 4.69) is 5.32 Å². The van der Waals surface area contributed by atoms with E-state index >= 15 is 0 Å². The summed E-state index contributed by atoms with van der Waals surface area (Å²) in [7, 11) is 1.57. The Balaban J connectivity index is 1.73. The van der Waals surface area contributed by atoms with Gasteiger partial charge in [0.05, 0.1) is 19.2 Å². The summed E-state index contributed by atoms with van der Waals surface area (Å²) in [4.78, 5) is 27.9. The average molecular weight is 451 g/mol. The molecular weight excluding hydrogens is 431 g/mol. The second kappa shape index (κ2) is 8.85. The Morgan fingerprint density at radius 3 is 2.31 bits per heavy atom. The summed E-state index contributed by atoms with van der Waals surface area (Å²) in [5.74, 6) is -0.678. The number of aryl methyl sites for hydroxylation is 1. The van der Waals surface area contributed by atoms with Crippen LogP contribution in [-0.2, 0) is 16.1 Å². The van der Waals surface area contributed by atoms with Crippen molar-refractivity contribution in [2.24, 2.45) is 0 Å². The van der Waals surface area contributed by atoms with E-state index < -0.39 is 17.6 Å². The minimum atomic E-state index is -0.468. The minimum Gasteiger partial charge on any atom is -0.497 e. The van der Waals surface area contributed by atoms with Crippen molar-refractivity contribution >= 4 is 34.7 Å². The van der Waals surface area contributed by atoms with Crippen molar-refractivity contribution in [1.29, 1.82) is 0 Å². The monoisotopic (exact) mass is 450 g/mol. The number of nitrogens with zero attached hydrogens (tertiary/aromatic N) is 1. The van der Waals surface area contributed by atoms with Crippen LogP contribution in [0.5, 0.6) is 5.75 Å². The van der Waals surface area contributed by atoms with Crippen LogP contribution in [0, 0.1) is 12.7 Å². The molecule has 1 N–H and O–H groups in total. The van der Waals surface area contributed by atoms with E-state index in [-0.39, 0.29) is 17.8 Å². The number of hydrogen-bond acceptors (Lipinski definition) is 4. The van der Waals surface area contributed by atoms with Crippen LogP contribution in [0.4, 0.5) is 10.1 Å². The quantitative estimate of drug-likeness (QED) is 0.525. The summed E-state index contributed by atoms with van der Waals surface area (Å²) in [6, 6.07) is 17.9. The number of carbonyl (C=O) groups excluding carboxylic acids is 2. The normalized spacial score (nSPS) is 13.7. The fourth-order valence-electron chi connectivity index (χ4n) is 3.50. The maximum atomic E-state index is 13.5. The van der Waals surface area contributed by atoms with Crippen LogP contribution in [0.25, 0.3) is 5.57 Å². The van der Waals surface area contributed by atoms with E-state index in [9.17, 15) is 14.0 Å². The van der Waals surface area contributed by atoms with Crippen molar-refractivity contribution in [3.8, 4) is 5.75 Å². The van der Waals surface area contributed by atoms with Crippen LogP contribution in [0.1, 0.15) is 16.7 Å². The van der Waals surface area contributed by atoms with Crippen LogP contribution in [0.3, 0.4) is 0 Å². The largest absolute Gasteiger partial charge is 0.497 e. The molecule has 4 rings (SSSR count). The van der Waals surface area contributed by atoms with E-state index in [1.807, 2.05) is 13.0 Å². The molecule has 162 valence electrons. The molecule has 3 aromatic rings. The topological polar surface area (TPSA) is 58.6 Å². The zero-order valence-electron chi connectivity index (χ0n) is 17.5. The molecule has 0 saturated heterocycles. The lowest BCUT2D eigenvalue weighted by atomic mass is 10.0. The summed E-state index contributed by atoms with van der Waals surface area (Å²) < 4.78 is 18.7. The van der Waals surface area contributed by atoms with Gasteiger partial charge >= 0.3 is 0 Å². The molecule has 2 amide bonds.